The Morgan fingerprint density at radius 1 is 0.968 bits per heavy atom. The van der Waals surface area contributed by atoms with Gasteiger partial charge in [0.15, 0.2) is 6.10 Å². The second kappa shape index (κ2) is 8.35. The van der Waals surface area contributed by atoms with E-state index in [0.717, 1.165) is 16.4 Å². The Bertz CT molecular complexity index is 1200. The predicted octanol–water partition coefficient (Wildman–Crippen LogP) is 3.70. The van der Waals surface area contributed by atoms with Gasteiger partial charge in [0.25, 0.3) is 5.91 Å². The van der Waals surface area contributed by atoms with Gasteiger partial charge < -0.3 is 10.1 Å². The molecule has 0 saturated heterocycles. The molecule has 1 N–H and O–H groups in total. The molecule has 0 bridgehead atoms. The first-order valence-corrected chi connectivity index (χ1v) is 11.0. The molecule has 31 heavy (non-hydrogen) atoms. The van der Waals surface area contributed by atoms with E-state index in [0.29, 0.717) is 11.3 Å². The van der Waals surface area contributed by atoms with Gasteiger partial charge in [-0.15, -0.1) is 0 Å². The van der Waals surface area contributed by atoms with Crippen molar-refractivity contribution in [2.24, 2.45) is 0 Å². The number of amides is 1. The lowest BCUT2D eigenvalue weighted by molar-refractivity contribution is -0.122. The van der Waals surface area contributed by atoms with Gasteiger partial charge >= 0.3 is 0 Å². The van der Waals surface area contributed by atoms with Gasteiger partial charge in [-0.05, 0) is 29.8 Å². The predicted molar refractivity (Wildman–Crippen MR) is 112 cm³/mol. The summed E-state index contributed by atoms with van der Waals surface area (Å²) in [5.74, 6) is -2.85. The summed E-state index contributed by atoms with van der Waals surface area (Å²) in [6.45, 7) is -0.339. The first-order chi connectivity index (χ1) is 14.8. The van der Waals surface area contributed by atoms with Crippen molar-refractivity contribution in [3.05, 3.63) is 90.0 Å². The van der Waals surface area contributed by atoms with E-state index in [1.807, 2.05) is 0 Å². The highest BCUT2D eigenvalue weighted by atomic mass is 32.2. The minimum Gasteiger partial charge on any atom is -0.476 e. The average Bonchev–Trinajstić information content (AvgIpc) is 2.76. The number of nitrogens with one attached hydrogen (secondary N) is 1. The third-order valence-corrected chi connectivity index (χ3v) is 6.48. The SMILES string of the molecule is O=C(Nc1c(F)cccc1F)C1CN(S(=O)(=O)Cc2ccccc2)c2ccccc2O1. The highest BCUT2D eigenvalue weighted by Crippen LogP contribution is 2.36. The minimum atomic E-state index is -3.88. The van der Waals surface area contributed by atoms with Gasteiger partial charge in [-0.2, -0.15) is 0 Å². The number of sulfonamides is 1. The maximum atomic E-state index is 13.9. The van der Waals surface area contributed by atoms with Crippen LogP contribution in [0.1, 0.15) is 5.56 Å². The molecule has 0 fully saturated rings. The molecule has 3 aromatic carbocycles. The Morgan fingerprint density at radius 2 is 1.61 bits per heavy atom. The van der Waals surface area contributed by atoms with Crippen LogP contribution in [0.4, 0.5) is 20.2 Å². The number of hydrogen-bond acceptors (Lipinski definition) is 4. The Labute approximate surface area is 178 Å². The summed E-state index contributed by atoms with van der Waals surface area (Å²) >= 11 is 0. The normalized spacial score (nSPS) is 15.7. The number of halogens is 2. The second-order valence-electron chi connectivity index (χ2n) is 6.93. The molecule has 0 radical (unpaired) electrons. The molecule has 4 rings (SSSR count). The topological polar surface area (TPSA) is 75.7 Å². The molecule has 1 heterocycles. The number of carbonyl (C=O) groups is 1. The van der Waals surface area contributed by atoms with Crippen molar-refractivity contribution in [1.82, 2.24) is 0 Å². The van der Waals surface area contributed by atoms with Crippen LogP contribution in [0.15, 0.2) is 72.8 Å². The van der Waals surface area contributed by atoms with Gasteiger partial charge in [-0.25, -0.2) is 17.2 Å². The van der Waals surface area contributed by atoms with Gasteiger partial charge in [0.1, 0.15) is 23.1 Å². The quantitative estimate of drug-likeness (QED) is 0.651. The fourth-order valence-electron chi connectivity index (χ4n) is 3.29. The van der Waals surface area contributed by atoms with E-state index < -0.39 is 39.4 Å². The number of carbonyl (C=O) groups excluding carboxylic acids is 1. The number of fused-ring (bicyclic) bond motifs is 1. The summed E-state index contributed by atoms with van der Waals surface area (Å²) in [5, 5.41) is 2.17. The van der Waals surface area contributed by atoms with E-state index in [1.165, 1.54) is 12.1 Å². The maximum Gasteiger partial charge on any atom is 0.267 e. The summed E-state index contributed by atoms with van der Waals surface area (Å²) in [5.41, 5.74) is 0.258. The molecule has 1 amide bonds. The highest BCUT2D eigenvalue weighted by molar-refractivity contribution is 7.92. The van der Waals surface area contributed by atoms with Gasteiger partial charge in [0, 0.05) is 0 Å². The van der Waals surface area contributed by atoms with Crippen molar-refractivity contribution >= 4 is 27.3 Å². The number of para-hydroxylation sites is 3. The first-order valence-electron chi connectivity index (χ1n) is 9.40. The molecule has 1 aliphatic heterocycles. The Morgan fingerprint density at radius 3 is 2.32 bits per heavy atom. The lowest BCUT2D eigenvalue weighted by Crippen LogP contribution is -2.49. The minimum absolute atomic E-state index is 0.180. The van der Waals surface area contributed by atoms with E-state index in [4.69, 9.17) is 4.74 Å². The Hall–Kier alpha value is -3.46. The van der Waals surface area contributed by atoms with E-state index in [-0.39, 0.29) is 18.0 Å². The zero-order valence-electron chi connectivity index (χ0n) is 16.2. The molecule has 1 aliphatic rings. The first kappa shape index (κ1) is 20.8. The van der Waals surface area contributed by atoms with Crippen molar-refractivity contribution in [3.8, 4) is 5.75 Å². The number of nitrogens with zero attached hydrogens (tertiary/aromatic N) is 1. The van der Waals surface area contributed by atoms with E-state index in [1.54, 1.807) is 48.5 Å². The van der Waals surface area contributed by atoms with Gasteiger partial charge in [-0.1, -0.05) is 48.5 Å². The Balaban J connectivity index is 1.63. The van der Waals surface area contributed by atoms with Crippen LogP contribution in [-0.2, 0) is 20.6 Å². The number of anilines is 2. The molecule has 3 aromatic rings. The molecule has 9 heteroatoms. The van der Waals surface area contributed by atoms with Crippen LogP contribution in [0.2, 0.25) is 0 Å². The summed E-state index contributed by atoms with van der Waals surface area (Å²) < 4.78 is 60.9. The zero-order valence-corrected chi connectivity index (χ0v) is 17.0. The standard InChI is InChI=1S/C22H18F2N2O4S/c23-16-9-6-10-17(24)21(16)25-22(27)20-13-26(18-11-4-5-12-19(18)30-20)31(28,29)14-15-7-2-1-3-8-15/h1-12,20H,13-14H2,(H,25,27). The number of benzene rings is 3. The van der Waals surface area contributed by atoms with Crippen molar-refractivity contribution in [2.45, 2.75) is 11.9 Å². The zero-order chi connectivity index (χ0) is 22.0. The van der Waals surface area contributed by atoms with Gasteiger partial charge in [0.05, 0.1) is 18.0 Å². The van der Waals surface area contributed by atoms with Crippen LogP contribution >= 0.6 is 0 Å². The van der Waals surface area contributed by atoms with E-state index >= 15 is 0 Å². The third-order valence-electron chi connectivity index (χ3n) is 4.77. The number of hydrogen-bond donors (Lipinski definition) is 1. The van der Waals surface area contributed by atoms with Crippen molar-refractivity contribution in [3.63, 3.8) is 0 Å². The summed E-state index contributed by atoms with van der Waals surface area (Å²) in [7, 11) is -3.88. The van der Waals surface area contributed by atoms with E-state index in [9.17, 15) is 22.0 Å². The van der Waals surface area contributed by atoms with Gasteiger partial charge in [-0.3, -0.25) is 9.10 Å². The van der Waals surface area contributed by atoms with Crippen LogP contribution in [0.3, 0.4) is 0 Å². The molecule has 1 unspecified atom stereocenters. The largest absolute Gasteiger partial charge is 0.476 e. The molecule has 0 aliphatic carbocycles. The molecular weight excluding hydrogens is 426 g/mol. The van der Waals surface area contributed by atoms with Crippen LogP contribution < -0.4 is 14.4 Å². The molecule has 0 aromatic heterocycles. The summed E-state index contributed by atoms with van der Waals surface area (Å²) in [6, 6.07) is 18.2. The molecule has 0 saturated carbocycles. The monoisotopic (exact) mass is 444 g/mol. The third kappa shape index (κ3) is 4.36. The van der Waals surface area contributed by atoms with Gasteiger partial charge in [0.2, 0.25) is 10.0 Å². The number of ether oxygens (including phenoxy) is 1. The average molecular weight is 444 g/mol. The molecule has 160 valence electrons. The Kier molecular flexibility index (Phi) is 5.60. The van der Waals surface area contributed by atoms with Crippen LogP contribution in [0.25, 0.3) is 0 Å². The molecule has 1 atom stereocenters. The lowest BCUT2D eigenvalue weighted by Gasteiger charge is -2.34. The fourth-order valence-corrected chi connectivity index (χ4v) is 4.87. The second-order valence-corrected chi connectivity index (χ2v) is 8.83. The van der Waals surface area contributed by atoms with Crippen molar-refractivity contribution in [1.29, 1.82) is 0 Å². The summed E-state index contributed by atoms with van der Waals surface area (Å²) in [6.07, 6.45) is -1.31. The van der Waals surface area contributed by atoms with E-state index in [2.05, 4.69) is 5.32 Å². The molecule has 6 nitrogen and oxygen atoms in total. The van der Waals surface area contributed by atoms with Crippen molar-refractivity contribution in [2.75, 3.05) is 16.2 Å². The van der Waals surface area contributed by atoms with Crippen LogP contribution in [0, 0.1) is 11.6 Å². The number of rotatable bonds is 5. The summed E-state index contributed by atoms with van der Waals surface area (Å²) in [4.78, 5) is 12.7. The highest BCUT2D eigenvalue weighted by Gasteiger charge is 2.37. The van der Waals surface area contributed by atoms with Crippen LogP contribution in [0.5, 0.6) is 5.75 Å². The molecule has 0 spiro atoms. The smallest absolute Gasteiger partial charge is 0.267 e. The maximum absolute atomic E-state index is 13.9. The van der Waals surface area contributed by atoms with Crippen LogP contribution in [-0.4, -0.2) is 27.0 Å². The lowest BCUT2D eigenvalue weighted by atomic mass is 10.2. The fraction of sp³-hybridized carbons (Fsp3) is 0.136. The molecular formula is C22H18F2N2O4S. The van der Waals surface area contributed by atoms with Crippen molar-refractivity contribution < 1.29 is 26.7 Å².